The third-order valence-electron chi connectivity index (χ3n) is 4.44. The summed E-state index contributed by atoms with van der Waals surface area (Å²) in [6.45, 7) is 2.79. The molecule has 0 saturated carbocycles. The van der Waals surface area contributed by atoms with Crippen molar-refractivity contribution in [3.8, 4) is 16.8 Å². The molecule has 8 heteroatoms. The van der Waals surface area contributed by atoms with E-state index in [1.807, 2.05) is 49.5 Å². The zero-order valence-corrected chi connectivity index (χ0v) is 17.1. The second-order valence-corrected chi connectivity index (χ2v) is 7.69. The number of hydrogen-bond acceptors (Lipinski definition) is 6. The number of aryl methyl sites for hydroxylation is 1. The van der Waals surface area contributed by atoms with Gasteiger partial charge in [-0.2, -0.15) is 10.4 Å². The van der Waals surface area contributed by atoms with E-state index >= 15 is 0 Å². The average molecular weight is 414 g/mol. The molecule has 0 saturated heterocycles. The number of nitrogens with zero attached hydrogens (tertiary/aromatic N) is 5. The lowest BCUT2D eigenvalue weighted by Crippen LogP contribution is -2.22. The predicted octanol–water partition coefficient (Wildman–Crippen LogP) is 3.56. The topological polar surface area (TPSA) is 96.5 Å². The highest BCUT2D eigenvalue weighted by Crippen LogP contribution is 2.27. The van der Waals surface area contributed by atoms with Crippen molar-refractivity contribution in [3.05, 3.63) is 88.3 Å². The van der Waals surface area contributed by atoms with Crippen LogP contribution < -0.4 is 5.32 Å². The van der Waals surface area contributed by atoms with Gasteiger partial charge in [0, 0.05) is 25.1 Å². The Morgan fingerprint density at radius 3 is 2.90 bits per heavy atom. The molecule has 4 rings (SSSR count). The van der Waals surface area contributed by atoms with Crippen LogP contribution in [0.5, 0.6) is 0 Å². The summed E-state index contributed by atoms with van der Waals surface area (Å²) in [5.74, 6) is -0.159. The molecule has 1 N–H and O–H groups in total. The van der Waals surface area contributed by atoms with Crippen molar-refractivity contribution in [2.45, 2.75) is 20.0 Å². The number of thiazole rings is 1. The Kier molecular flexibility index (Phi) is 5.63. The van der Waals surface area contributed by atoms with Crippen molar-refractivity contribution in [1.29, 1.82) is 5.26 Å². The Morgan fingerprint density at radius 2 is 2.10 bits per heavy atom. The maximum atomic E-state index is 12.6. The highest BCUT2D eigenvalue weighted by molar-refractivity contribution is 7.17. The van der Waals surface area contributed by atoms with Crippen LogP contribution in [0.1, 0.15) is 32.1 Å². The molecule has 148 valence electrons. The van der Waals surface area contributed by atoms with Gasteiger partial charge >= 0.3 is 0 Å². The number of hydrogen-bond donors (Lipinski definition) is 1. The first-order valence-corrected chi connectivity index (χ1v) is 10.1. The molecule has 0 unspecified atom stereocenters. The number of rotatable bonds is 6. The average Bonchev–Trinajstić information content (AvgIpc) is 3.39. The Bertz CT molecular complexity index is 1220. The second kappa shape index (κ2) is 8.68. The predicted molar refractivity (Wildman–Crippen MR) is 114 cm³/mol. The van der Waals surface area contributed by atoms with Gasteiger partial charge in [0.05, 0.1) is 23.9 Å². The first-order valence-electron chi connectivity index (χ1n) is 9.30. The molecule has 3 aromatic heterocycles. The molecule has 0 atom stereocenters. The fourth-order valence-electron chi connectivity index (χ4n) is 2.97. The maximum Gasteiger partial charge on any atom is 0.263 e. The minimum Gasteiger partial charge on any atom is -0.347 e. The van der Waals surface area contributed by atoms with E-state index in [0.717, 1.165) is 11.1 Å². The zero-order valence-electron chi connectivity index (χ0n) is 16.2. The van der Waals surface area contributed by atoms with E-state index in [1.54, 1.807) is 23.1 Å². The summed E-state index contributed by atoms with van der Waals surface area (Å²) in [7, 11) is 0. The van der Waals surface area contributed by atoms with Crippen molar-refractivity contribution < 1.29 is 4.79 Å². The Labute approximate surface area is 177 Å². The first kappa shape index (κ1) is 19.5. The summed E-state index contributed by atoms with van der Waals surface area (Å²) in [5.41, 5.74) is 3.94. The minimum atomic E-state index is -0.159. The van der Waals surface area contributed by atoms with Crippen LogP contribution in [-0.4, -0.2) is 25.7 Å². The minimum absolute atomic E-state index is 0.159. The molecule has 1 aromatic carbocycles. The van der Waals surface area contributed by atoms with Gasteiger partial charge in [-0.1, -0.05) is 18.2 Å². The summed E-state index contributed by atoms with van der Waals surface area (Å²) < 4.78 is 1.80. The molecule has 0 radical (unpaired) electrons. The SMILES string of the molecule is Cc1nc(-c2ccn(Cc3cccc(C#N)c3)n2)sc1C(=O)NCc1cccnc1. The number of carbonyl (C=O) groups is 1. The second-order valence-electron chi connectivity index (χ2n) is 6.69. The molecule has 0 aliphatic rings. The molecule has 4 aromatic rings. The number of amides is 1. The Balaban J connectivity index is 1.46. The monoisotopic (exact) mass is 414 g/mol. The molecule has 1 amide bonds. The van der Waals surface area contributed by atoms with Crippen LogP contribution in [-0.2, 0) is 13.1 Å². The standard InChI is InChI=1S/C22H18N6OS/c1-15-20(21(29)25-13-18-6-3-8-24-12-18)30-22(26-15)19-7-9-28(27-19)14-17-5-2-4-16(10-17)11-23/h2-10,12H,13-14H2,1H3,(H,25,29). The highest BCUT2D eigenvalue weighted by atomic mass is 32.1. The van der Waals surface area contributed by atoms with Crippen LogP contribution in [0.15, 0.2) is 61.1 Å². The Morgan fingerprint density at radius 1 is 1.23 bits per heavy atom. The summed E-state index contributed by atoms with van der Waals surface area (Å²) in [5, 5.41) is 17.2. The summed E-state index contributed by atoms with van der Waals surface area (Å²) in [6.07, 6.45) is 5.29. The van der Waals surface area contributed by atoms with Crippen molar-refractivity contribution in [1.82, 2.24) is 25.1 Å². The number of aromatic nitrogens is 4. The van der Waals surface area contributed by atoms with E-state index in [-0.39, 0.29) is 5.91 Å². The summed E-state index contributed by atoms with van der Waals surface area (Å²) in [6, 6.07) is 15.2. The third-order valence-corrected chi connectivity index (χ3v) is 5.62. The number of nitriles is 1. The van der Waals surface area contributed by atoms with Gasteiger partial charge in [0.2, 0.25) is 0 Å². The molecular formula is C22H18N6OS. The molecule has 0 spiro atoms. The van der Waals surface area contributed by atoms with Gasteiger partial charge in [0.15, 0.2) is 0 Å². The lowest BCUT2D eigenvalue weighted by Gasteiger charge is -2.03. The fraction of sp³-hybridized carbons (Fsp3) is 0.136. The van der Waals surface area contributed by atoms with Gasteiger partial charge in [-0.25, -0.2) is 4.98 Å². The van der Waals surface area contributed by atoms with Gasteiger partial charge in [0.1, 0.15) is 15.6 Å². The van der Waals surface area contributed by atoms with Gasteiger partial charge in [0.25, 0.3) is 5.91 Å². The van der Waals surface area contributed by atoms with Crippen molar-refractivity contribution in [2.75, 3.05) is 0 Å². The molecule has 7 nitrogen and oxygen atoms in total. The highest BCUT2D eigenvalue weighted by Gasteiger charge is 2.17. The van der Waals surface area contributed by atoms with Crippen molar-refractivity contribution in [2.24, 2.45) is 0 Å². The van der Waals surface area contributed by atoms with Crippen molar-refractivity contribution in [3.63, 3.8) is 0 Å². The number of nitrogens with one attached hydrogen (secondary N) is 1. The van der Waals surface area contributed by atoms with E-state index in [4.69, 9.17) is 5.26 Å². The lowest BCUT2D eigenvalue weighted by molar-refractivity contribution is 0.0954. The number of benzene rings is 1. The van der Waals surface area contributed by atoms with Gasteiger partial charge in [-0.3, -0.25) is 14.5 Å². The van der Waals surface area contributed by atoms with Crippen LogP contribution in [0.2, 0.25) is 0 Å². The van der Waals surface area contributed by atoms with Crippen LogP contribution in [0.3, 0.4) is 0 Å². The quantitative estimate of drug-likeness (QED) is 0.520. The van der Waals surface area contributed by atoms with Gasteiger partial charge in [-0.05, 0) is 42.3 Å². The number of pyridine rings is 1. The third kappa shape index (κ3) is 4.42. The molecule has 3 heterocycles. The van der Waals surface area contributed by atoms with Gasteiger partial charge < -0.3 is 5.32 Å². The van der Waals surface area contributed by atoms with Gasteiger partial charge in [-0.15, -0.1) is 11.3 Å². The van der Waals surface area contributed by atoms with Crippen LogP contribution in [0.25, 0.3) is 10.7 Å². The lowest BCUT2D eigenvalue weighted by atomic mass is 10.1. The van der Waals surface area contributed by atoms with E-state index in [2.05, 4.69) is 26.5 Å². The normalized spacial score (nSPS) is 10.5. The number of carbonyl (C=O) groups excluding carboxylic acids is 1. The molecule has 0 aliphatic carbocycles. The van der Waals surface area contributed by atoms with Crippen LogP contribution in [0, 0.1) is 18.3 Å². The van der Waals surface area contributed by atoms with E-state index in [1.165, 1.54) is 11.3 Å². The molecule has 30 heavy (non-hydrogen) atoms. The molecular weight excluding hydrogens is 396 g/mol. The fourth-order valence-corrected chi connectivity index (χ4v) is 3.92. The summed E-state index contributed by atoms with van der Waals surface area (Å²) in [4.78, 5) is 21.7. The molecule has 0 aliphatic heterocycles. The van der Waals surface area contributed by atoms with Crippen LogP contribution in [0.4, 0.5) is 0 Å². The van der Waals surface area contributed by atoms with Crippen molar-refractivity contribution >= 4 is 17.2 Å². The van der Waals surface area contributed by atoms with E-state index < -0.39 is 0 Å². The first-order chi connectivity index (χ1) is 14.6. The largest absolute Gasteiger partial charge is 0.347 e. The van der Waals surface area contributed by atoms with E-state index in [0.29, 0.717) is 39.9 Å². The Hall–Kier alpha value is -3.83. The zero-order chi connectivity index (χ0) is 20.9. The van der Waals surface area contributed by atoms with Crippen LogP contribution >= 0.6 is 11.3 Å². The molecule has 0 bridgehead atoms. The van der Waals surface area contributed by atoms with E-state index in [9.17, 15) is 4.79 Å². The molecule has 0 fully saturated rings. The summed E-state index contributed by atoms with van der Waals surface area (Å²) >= 11 is 1.32. The smallest absolute Gasteiger partial charge is 0.263 e. The maximum absolute atomic E-state index is 12.6.